The van der Waals surface area contributed by atoms with Gasteiger partial charge in [-0.2, -0.15) is 0 Å². The summed E-state index contributed by atoms with van der Waals surface area (Å²) in [6.45, 7) is 3.83. The molecule has 6 nitrogen and oxygen atoms in total. The van der Waals surface area contributed by atoms with Crippen LogP contribution in [0.3, 0.4) is 0 Å². The molecule has 96 valence electrons. The molecule has 1 aromatic carbocycles. The molecule has 3 rings (SSSR count). The van der Waals surface area contributed by atoms with Gasteiger partial charge in [-0.3, -0.25) is 14.2 Å². The Morgan fingerprint density at radius 3 is 2.53 bits per heavy atom. The van der Waals surface area contributed by atoms with Gasteiger partial charge >= 0.3 is 0 Å². The number of benzene rings is 1. The highest BCUT2D eigenvalue weighted by Gasteiger charge is 2.14. The third-order valence-electron chi connectivity index (χ3n) is 3.18. The summed E-state index contributed by atoms with van der Waals surface area (Å²) in [5, 5.41) is 7.59. The molecule has 0 amide bonds. The number of nitrogens with zero attached hydrogens (tertiary/aromatic N) is 3. The van der Waals surface area contributed by atoms with Gasteiger partial charge in [0, 0.05) is 5.69 Å². The molecule has 6 heteroatoms. The van der Waals surface area contributed by atoms with Crippen molar-refractivity contribution < 1.29 is 0 Å². The zero-order chi connectivity index (χ0) is 13.6. The lowest BCUT2D eigenvalue weighted by molar-refractivity contribution is 1.03. The SMILES string of the molecule is Cc1ccc(-c2c(C)n3c(N)nnc3[nH]c2=O)cc1. The van der Waals surface area contributed by atoms with Gasteiger partial charge in [-0.05, 0) is 19.4 Å². The molecule has 0 fully saturated rings. The van der Waals surface area contributed by atoms with Gasteiger partial charge in [0.2, 0.25) is 11.7 Å². The van der Waals surface area contributed by atoms with Gasteiger partial charge in [-0.15, -0.1) is 10.2 Å². The van der Waals surface area contributed by atoms with Gasteiger partial charge in [-0.25, -0.2) is 0 Å². The lowest BCUT2D eigenvalue weighted by Gasteiger charge is -2.08. The first kappa shape index (κ1) is 11.5. The highest BCUT2D eigenvalue weighted by atomic mass is 16.1. The Balaban J connectivity index is 2.37. The molecule has 0 bridgehead atoms. The molecule has 0 unspecified atom stereocenters. The molecule has 3 aromatic rings. The third kappa shape index (κ3) is 1.69. The van der Waals surface area contributed by atoms with Crippen molar-refractivity contribution in [3.8, 4) is 11.1 Å². The summed E-state index contributed by atoms with van der Waals surface area (Å²) in [4.78, 5) is 14.9. The van der Waals surface area contributed by atoms with E-state index in [-0.39, 0.29) is 11.5 Å². The highest BCUT2D eigenvalue weighted by molar-refractivity contribution is 5.67. The molecule has 0 aliphatic rings. The number of nitrogens with two attached hydrogens (primary N) is 1. The Morgan fingerprint density at radius 2 is 1.84 bits per heavy atom. The molecular formula is C13H13N5O. The number of aromatic amines is 1. The average molecular weight is 255 g/mol. The highest BCUT2D eigenvalue weighted by Crippen LogP contribution is 2.21. The van der Waals surface area contributed by atoms with E-state index in [0.717, 1.165) is 16.8 Å². The van der Waals surface area contributed by atoms with E-state index < -0.39 is 0 Å². The molecule has 19 heavy (non-hydrogen) atoms. The minimum Gasteiger partial charge on any atom is -0.368 e. The largest absolute Gasteiger partial charge is 0.368 e. The lowest BCUT2D eigenvalue weighted by Crippen LogP contribution is -2.15. The number of aryl methyl sites for hydroxylation is 2. The molecule has 0 atom stereocenters. The van der Waals surface area contributed by atoms with Gasteiger partial charge in [0.25, 0.3) is 5.56 Å². The smallest absolute Gasteiger partial charge is 0.260 e. The van der Waals surface area contributed by atoms with Crippen LogP contribution in [0.2, 0.25) is 0 Å². The summed E-state index contributed by atoms with van der Waals surface area (Å²) in [7, 11) is 0. The van der Waals surface area contributed by atoms with Crippen molar-refractivity contribution in [2.24, 2.45) is 0 Å². The molecule has 2 heterocycles. The van der Waals surface area contributed by atoms with Crippen LogP contribution in [0.4, 0.5) is 5.95 Å². The van der Waals surface area contributed by atoms with E-state index in [1.807, 2.05) is 38.1 Å². The normalized spacial score (nSPS) is 11.1. The molecule has 0 saturated heterocycles. The van der Waals surface area contributed by atoms with Gasteiger partial charge in [0.1, 0.15) is 0 Å². The van der Waals surface area contributed by atoms with Crippen molar-refractivity contribution in [1.29, 1.82) is 0 Å². The van der Waals surface area contributed by atoms with E-state index in [0.29, 0.717) is 11.3 Å². The summed E-state index contributed by atoms with van der Waals surface area (Å²) in [5.41, 5.74) is 8.87. The fourth-order valence-electron chi connectivity index (χ4n) is 2.21. The Morgan fingerprint density at radius 1 is 1.16 bits per heavy atom. The molecule has 0 aliphatic carbocycles. The van der Waals surface area contributed by atoms with Crippen LogP contribution >= 0.6 is 0 Å². The number of hydrogen-bond donors (Lipinski definition) is 2. The summed E-state index contributed by atoms with van der Waals surface area (Å²) in [6, 6.07) is 7.76. The second-order valence-electron chi connectivity index (χ2n) is 4.50. The number of nitrogen functional groups attached to an aromatic ring is 1. The van der Waals surface area contributed by atoms with E-state index in [9.17, 15) is 4.79 Å². The van der Waals surface area contributed by atoms with Crippen molar-refractivity contribution in [1.82, 2.24) is 19.6 Å². The Labute approximate surface area is 108 Å². The maximum atomic E-state index is 12.2. The van der Waals surface area contributed by atoms with Crippen LogP contribution in [-0.2, 0) is 0 Å². The quantitative estimate of drug-likeness (QED) is 0.685. The van der Waals surface area contributed by atoms with Crippen LogP contribution in [0.5, 0.6) is 0 Å². The van der Waals surface area contributed by atoms with Crippen LogP contribution in [0.25, 0.3) is 16.9 Å². The summed E-state index contributed by atoms with van der Waals surface area (Å²) in [6.07, 6.45) is 0. The Bertz CT molecular complexity index is 813. The number of aromatic nitrogens is 4. The van der Waals surface area contributed by atoms with Crippen molar-refractivity contribution in [3.63, 3.8) is 0 Å². The minimum absolute atomic E-state index is 0.193. The number of nitrogens with one attached hydrogen (secondary N) is 1. The molecule has 0 radical (unpaired) electrons. The molecule has 0 spiro atoms. The van der Waals surface area contributed by atoms with Gasteiger partial charge in [-0.1, -0.05) is 29.8 Å². The van der Waals surface area contributed by atoms with Gasteiger partial charge < -0.3 is 5.73 Å². The second-order valence-corrected chi connectivity index (χ2v) is 4.50. The maximum Gasteiger partial charge on any atom is 0.260 e. The van der Waals surface area contributed by atoms with Crippen molar-refractivity contribution in [3.05, 3.63) is 45.9 Å². The van der Waals surface area contributed by atoms with Crippen LogP contribution in [-0.4, -0.2) is 19.6 Å². The number of hydrogen-bond acceptors (Lipinski definition) is 4. The van der Waals surface area contributed by atoms with Gasteiger partial charge in [0.05, 0.1) is 5.56 Å². The van der Waals surface area contributed by atoms with Gasteiger partial charge in [0.15, 0.2) is 0 Å². The Hall–Kier alpha value is -2.63. The number of rotatable bonds is 1. The summed E-state index contributed by atoms with van der Waals surface area (Å²) in [5.74, 6) is 0.618. The summed E-state index contributed by atoms with van der Waals surface area (Å²) < 4.78 is 1.64. The zero-order valence-electron chi connectivity index (χ0n) is 10.6. The lowest BCUT2D eigenvalue weighted by atomic mass is 10.0. The van der Waals surface area contributed by atoms with E-state index in [1.165, 1.54) is 0 Å². The maximum absolute atomic E-state index is 12.2. The van der Waals surface area contributed by atoms with Crippen LogP contribution in [0.1, 0.15) is 11.3 Å². The molecule has 3 N–H and O–H groups in total. The average Bonchev–Trinajstić information content (AvgIpc) is 2.73. The predicted octanol–water partition coefficient (Wildman–Crippen LogP) is 1.28. The fraction of sp³-hybridized carbons (Fsp3) is 0.154. The first-order valence-electron chi connectivity index (χ1n) is 5.88. The first-order valence-corrected chi connectivity index (χ1v) is 5.88. The van der Waals surface area contributed by atoms with Crippen molar-refractivity contribution in [2.45, 2.75) is 13.8 Å². The zero-order valence-corrected chi connectivity index (χ0v) is 10.6. The summed E-state index contributed by atoms with van der Waals surface area (Å²) >= 11 is 0. The first-order chi connectivity index (χ1) is 9.08. The van der Waals surface area contributed by atoms with E-state index in [1.54, 1.807) is 4.40 Å². The van der Waals surface area contributed by atoms with Crippen LogP contribution in [0, 0.1) is 13.8 Å². The van der Waals surface area contributed by atoms with E-state index in [4.69, 9.17) is 5.73 Å². The molecule has 2 aromatic heterocycles. The Kier molecular flexibility index (Phi) is 2.38. The van der Waals surface area contributed by atoms with E-state index >= 15 is 0 Å². The number of H-pyrrole nitrogens is 1. The van der Waals surface area contributed by atoms with Crippen LogP contribution < -0.4 is 11.3 Å². The number of fused-ring (bicyclic) bond motifs is 1. The molecule has 0 saturated carbocycles. The minimum atomic E-state index is -0.193. The van der Waals surface area contributed by atoms with E-state index in [2.05, 4.69) is 15.2 Å². The fourth-order valence-corrected chi connectivity index (χ4v) is 2.21. The number of anilines is 1. The molecular weight excluding hydrogens is 242 g/mol. The molecule has 0 aliphatic heterocycles. The van der Waals surface area contributed by atoms with Crippen molar-refractivity contribution >= 4 is 11.7 Å². The predicted molar refractivity (Wildman–Crippen MR) is 72.9 cm³/mol. The second kappa shape index (κ2) is 3.94. The van der Waals surface area contributed by atoms with Crippen molar-refractivity contribution in [2.75, 3.05) is 5.73 Å². The topological polar surface area (TPSA) is 89.1 Å². The van der Waals surface area contributed by atoms with Crippen LogP contribution in [0.15, 0.2) is 29.1 Å². The standard InChI is InChI=1S/C13H13N5O/c1-7-3-5-9(6-4-7)10-8(2)18-12(14)16-17-13(18)15-11(10)19/h3-6H,1-2H3,(H2,14,16)(H,15,17,19). The third-order valence-corrected chi connectivity index (χ3v) is 3.18. The monoisotopic (exact) mass is 255 g/mol.